The summed E-state index contributed by atoms with van der Waals surface area (Å²) in [6.45, 7) is 3.45. The SMILES string of the molecule is CCc1ccc(C(=O)N[C@H](C)C(=O)O)s1. The predicted octanol–water partition coefficient (Wildman–Crippen LogP) is 1.51. The first-order valence-electron chi connectivity index (χ1n) is 4.67. The van der Waals surface area contributed by atoms with Gasteiger partial charge in [-0.05, 0) is 25.5 Å². The molecule has 0 radical (unpaired) electrons. The number of nitrogens with one attached hydrogen (secondary N) is 1. The van der Waals surface area contributed by atoms with E-state index in [-0.39, 0.29) is 5.91 Å². The fourth-order valence-corrected chi connectivity index (χ4v) is 1.87. The van der Waals surface area contributed by atoms with Gasteiger partial charge in [-0.2, -0.15) is 0 Å². The molecule has 0 aliphatic heterocycles. The van der Waals surface area contributed by atoms with E-state index < -0.39 is 12.0 Å². The minimum Gasteiger partial charge on any atom is -0.480 e. The van der Waals surface area contributed by atoms with E-state index >= 15 is 0 Å². The van der Waals surface area contributed by atoms with Gasteiger partial charge in [0, 0.05) is 4.88 Å². The first kappa shape index (κ1) is 11.7. The second kappa shape index (κ2) is 4.93. The molecule has 1 atom stereocenters. The highest BCUT2D eigenvalue weighted by molar-refractivity contribution is 7.14. The van der Waals surface area contributed by atoms with Crippen LogP contribution < -0.4 is 5.32 Å². The molecule has 0 aliphatic rings. The molecule has 0 fully saturated rings. The minimum atomic E-state index is -1.03. The van der Waals surface area contributed by atoms with Crippen LogP contribution in [0.4, 0.5) is 0 Å². The highest BCUT2D eigenvalue weighted by Gasteiger charge is 2.16. The summed E-state index contributed by atoms with van der Waals surface area (Å²) in [5.41, 5.74) is 0. The van der Waals surface area contributed by atoms with Gasteiger partial charge in [0.05, 0.1) is 4.88 Å². The number of carbonyl (C=O) groups is 2. The number of carbonyl (C=O) groups excluding carboxylic acids is 1. The number of rotatable bonds is 4. The van der Waals surface area contributed by atoms with Crippen LogP contribution in [0.25, 0.3) is 0 Å². The molecule has 1 aromatic heterocycles. The molecule has 4 nitrogen and oxygen atoms in total. The van der Waals surface area contributed by atoms with E-state index in [0.29, 0.717) is 4.88 Å². The second-order valence-electron chi connectivity index (χ2n) is 3.15. The third-order valence-corrected chi connectivity index (χ3v) is 3.18. The third kappa shape index (κ3) is 3.06. The maximum absolute atomic E-state index is 11.5. The van der Waals surface area contributed by atoms with Gasteiger partial charge in [0.25, 0.3) is 5.91 Å². The van der Waals surface area contributed by atoms with E-state index in [1.807, 2.05) is 13.0 Å². The molecule has 82 valence electrons. The summed E-state index contributed by atoms with van der Waals surface area (Å²) in [7, 11) is 0. The molecule has 0 aromatic carbocycles. The summed E-state index contributed by atoms with van der Waals surface area (Å²) in [5, 5.41) is 11.0. The Morgan fingerprint density at radius 2 is 2.20 bits per heavy atom. The number of carboxylic acids is 1. The van der Waals surface area contributed by atoms with Crippen LogP contribution in [0.2, 0.25) is 0 Å². The van der Waals surface area contributed by atoms with Crippen molar-refractivity contribution < 1.29 is 14.7 Å². The molecule has 0 spiro atoms. The number of hydrogen-bond acceptors (Lipinski definition) is 3. The van der Waals surface area contributed by atoms with E-state index in [0.717, 1.165) is 11.3 Å². The van der Waals surface area contributed by atoms with Crippen LogP contribution >= 0.6 is 11.3 Å². The lowest BCUT2D eigenvalue weighted by Gasteiger charge is -2.07. The van der Waals surface area contributed by atoms with Gasteiger partial charge in [0.1, 0.15) is 6.04 Å². The van der Waals surface area contributed by atoms with Crippen molar-refractivity contribution >= 4 is 23.2 Å². The highest BCUT2D eigenvalue weighted by Crippen LogP contribution is 2.16. The molecule has 1 amide bonds. The van der Waals surface area contributed by atoms with Gasteiger partial charge < -0.3 is 10.4 Å². The quantitative estimate of drug-likeness (QED) is 0.819. The highest BCUT2D eigenvalue weighted by atomic mass is 32.1. The summed E-state index contributed by atoms with van der Waals surface area (Å²) < 4.78 is 0. The van der Waals surface area contributed by atoms with E-state index in [2.05, 4.69) is 5.32 Å². The van der Waals surface area contributed by atoms with Crippen molar-refractivity contribution in [3.05, 3.63) is 21.9 Å². The summed E-state index contributed by atoms with van der Waals surface area (Å²) in [6, 6.07) is 2.74. The van der Waals surface area contributed by atoms with Crippen molar-refractivity contribution in [2.45, 2.75) is 26.3 Å². The van der Waals surface area contributed by atoms with Crippen LogP contribution in [0.3, 0.4) is 0 Å². The lowest BCUT2D eigenvalue weighted by Crippen LogP contribution is -2.37. The normalized spacial score (nSPS) is 12.1. The van der Waals surface area contributed by atoms with Crippen LogP contribution in [0, 0.1) is 0 Å². The lowest BCUT2D eigenvalue weighted by atomic mass is 10.3. The number of carboxylic acid groups (broad SMARTS) is 1. The monoisotopic (exact) mass is 227 g/mol. The predicted molar refractivity (Wildman–Crippen MR) is 58.3 cm³/mol. The van der Waals surface area contributed by atoms with Gasteiger partial charge in [-0.25, -0.2) is 0 Å². The van der Waals surface area contributed by atoms with Crippen molar-refractivity contribution in [1.82, 2.24) is 5.32 Å². The van der Waals surface area contributed by atoms with Crippen molar-refractivity contribution in [2.24, 2.45) is 0 Å². The smallest absolute Gasteiger partial charge is 0.325 e. The van der Waals surface area contributed by atoms with Crippen LogP contribution in [0.15, 0.2) is 12.1 Å². The maximum Gasteiger partial charge on any atom is 0.325 e. The minimum absolute atomic E-state index is 0.324. The van der Waals surface area contributed by atoms with E-state index in [9.17, 15) is 9.59 Å². The topological polar surface area (TPSA) is 66.4 Å². The van der Waals surface area contributed by atoms with Crippen LogP contribution in [0.5, 0.6) is 0 Å². The van der Waals surface area contributed by atoms with Crippen molar-refractivity contribution in [2.75, 3.05) is 0 Å². The van der Waals surface area contributed by atoms with Gasteiger partial charge in [-0.3, -0.25) is 9.59 Å². The molecule has 5 heteroatoms. The van der Waals surface area contributed by atoms with Gasteiger partial charge >= 0.3 is 5.97 Å². The molecule has 0 saturated heterocycles. The molecule has 15 heavy (non-hydrogen) atoms. The molecule has 2 N–H and O–H groups in total. The summed E-state index contributed by atoms with van der Waals surface area (Å²) in [4.78, 5) is 23.7. The standard InChI is InChI=1S/C10H13NO3S/c1-3-7-4-5-8(15-7)9(12)11-6(2)10(13)14/h4-6H,3H2,1-2H3,(H,11,12)(H,13,14)/t6-/m1/s1. The Morgan fingerprint density at radius 3 is 2.67 bits per heavy atom. The van der Waals surface area contributed by atoms with Gasteiger partial charge in [-0.1, -0.05) is 6.92 Å². The molecule has 0 saturated carbocycles. The molecule has 0 bridgehead atoms. The Kier molecular flexibility index (Phi) is 3.85. The first-order chi connectivity index (χ1) is 7.04. The maximum atomic E-state index is 11.5. The first-order valence-corrected chi connectivity index (χ1v) is 5.48. The molecule has 0 aliphatic carbocycles. The number of thiophene rings is 1. The Morgan fingerprint density at radius 1 is 1.53 bits per heavy atom. The van der Waals surface area contributed by atoms with E-state index in [4.69, 9.17) is 5.11 Å². The molecule has 0 unspecified atom stereocenters. The Bertz CT molecular complexity index is 372. The lowest BCUT2D eigenvalue weighted by molar-refractivity contribution is -0.138. The molecule has 1 rings (SSSR count). The summed E-state index contributed by atoms with van der Waals surface area (Å²) in [6.07, 6.45) is 0.881. The van der Waals surface area contributed by atoms with E-state index in [1.165, 1.54) is 18.3 Å². The second-order valence-corrected chi connectivity index (χ2v) is 4.32. The molecular formula is C10H13NO3S. The summed E-state index contributed by atoms with van der Waals surface area (Å²) in [5.74, 6) is -1.36. The largest absolute Gasteiger partial charge is 0.480 e. The zero-order valence-electron chi connectivity index (χ0n) is 8.61. The number of aryl methyl sites for hydroxylation is 1. The van der Waals surface area contributed by atoms with Crippen LogP contribution in [-0.4, -0.2) is 23.0 Å². The zero-order valence-corrected chi connectivity index (χ0v) is 9.43. The van der Waals surface area contributed by atoms with Crippen LogP contribution in [0.1, 0.15) is 28.4 Å². The molecule has 1 heterocycles. The Balaban J connectivity index is 2.65. The van der Waals surface area contributed by atoms with Crippen LogP contribution in [-0.2, 0) is 11.2 Å². The summed E-state index contributed by atoms with van der Waals surface area (Å²) >= 11 is 1.39. The van der Waals surface area contributed by atoms with Gasteiger partial charge in [-0.15, -0.1) is 11.3 Å². The fraction of sp³-hybridized carbons (Fsp3) is 0.400. The van der Waals surface area contributed by atoms with Gasteiger partial charge in [0.2, 0.25) is 0 Å². The van der Waals surface area contributed by atoms with Gasteiger partial charge in [0.15, 0.2) is 0 Å². The molecule has 1 aromatic rings. The average molecular weight is 227 g/mol. The van der Waals surface area contributed by atoms with Crippen molar-refractivity contribution in [3.8, 4) is 0 Å². The van der Waals surface area contributed by atoms with Crippen molar-refractivity contribution in [3.63, 3.8) is 0 Å². The number of amides is 1. The number of hydrogen-bond donors (Lipinski definition) is 2. The third-order valence-electron chi connectivity index (χ3n) is 1.95. The zero-order chi connectivity index (χ0) is 11.4. The Labute approximate surface area is 91.9 Å². The van der Waals surface area contributed by atoms with E-state index in [1.54, 1.807) is 6.07 Å². The number of aliphatic carboxylic acids is 1. The Hall–Kier alpha value is -1.36. The fourth-order valence-electron chi connectivity index (χ4n) is 1.02. The van der Waals surface area contributed by atoms with Crippen molar-refractivity contribution in [1.29, 1.82) is 0 Å². The average Bonchev–Trinajstić information content (AvgIpc) is 2.65. The molecular weight excluding hydrogens is 214 g/mol.